The summed E-state index contributed by atoms with van der Waals surface area (Å²) in [6.45, 7) is 0.673. The minimum absolute atomic E-state index is 0.188. The maximum atomic E-state index is 11.8. The molecule has 0 fully saturated rings. The molecule has 1 rings (SSSR count). The predicted octanol–water partition coefficient (Wildman–Crippen LogP) is 0.211. The Morgan fingerprint density at radius 2 is 2.28 bits per heavy atom. The van der Waals surface area contributed by atoms with Gasteiger partial charge in [-0.15, -0.1) is 0 Å². The van der Waals surface area contributed by atoms with E-state index in [0.29, 0.717) is 17.7 Å². The summed E-state index contributed by atoms with van der Waals surface area (Å²) >= 11 is 0. The zero-order valence-corrected chi connectivity index (χ0v) is 10.6. The molecule has 0 saturated carbocycles. The van der Waals surface area contributed by atoms with Gasteiger partial charge in [-0.2, -0.15) is 5.26 Å². The molecule has 0 bridgehead atoms. The maximum absolute atomic E-state index is 11.8. The van der Waals surface area contributed by atoms with Crippen molar-refractivity contribution in [1.82, 2.24) is 10.2 Å². The second kappa shape index (κ2) is 6.74. The molecule has 0 aliphatic rings. The van der Waals surface area contributed by atoms with Crippen LogP contribution < -0.4 is 5.32 Å². The Labute approximate surface area is 107 Å². The lowest BCUT2D eigenvalue weighted by Gasteiger charge is -2.16. The number of amides is 1. The molecule has 2 N–H and O–H groups in total. The van der Waals surface area contributed by atoms with Crippen LogP contribution in [0.25, 0.3) is 0 Å². The Morgan fingerprint density at radius 3 is 2.89 bits per heavy atom. The highest BCUT2D eigenvalue weighted by atomic mass is 16.3. The Morgan fingerprint density at radius 1 is 1.56 bits per heavy atom. The molecule has 96 valence electrons. The monoisotopic (exact) mass is 247 g/mol. The third-order valence-corrected chi connectivity index (χ3v) is 2.33. The Bertz CT molecular complexity index is 452. The van der Waals surface area contributed by atoms with Crippen molar-refractivity contribution >= 4 is 5.91 Å². The van der Waals surface area contributed by atoms with Crippen LogP contribution in [0.15, 0.2) is 24.3 Å². The van der Waals surface area contributed by atoms with Gasteiger partial charge in [-0.05, 0) is 32.3 Å². The first-order chi connectivity index (χ1) is 8.52. The van der Waals surface area contributed by atoms with Gasteiger partial charge in [0.1, 0.15) is 0 Å². The molecule has 0 radical (unpaired) electrons. The van der Waals surface area contributed by atoms with Gasteiger partial charge in [-0.3, -0.25) is 4.79 Å². The molecule has 0 aliphatic heterocycles. The van der Waals surface area contributed by atoms with Crippen LogP contribution in [0.3, 0.4) is 0 Å². The van der Waals surface area contributed by atoms with E-state index in [1.54, 1.807) is 18.2 Å². The van der Waals surface area contributed by atoms with Gasteiger partial charge < -0.3 is 15.3 Å². The smallest absolute Gasteiger partial charge is 0.251 e. The Balaban J connectivity index is 2.53. The first-order valence-corrected chi connectivity index (χ1v) is 5.64. The number of hydrogen-bond acceptors (Lipinski definition) is 4. The van der Waals surface area contributed by atoms with Crippen molar-refractivity contribution in [2.45, 2.75) is 6.10 Å². The van der Waals surface area contributed by atoms with Crippen LogP contribution in [0.2, 0.25) is 0 Å². The molecule has 0 aliphatic carbocycles. The molecule has 0 spiro atoms. The number of nitrogens with one attached hydrogen (secondary N) is 1. The average molecular weight is 247 g/mol. The zero-order valence-electron chi connectivity index (χ0n) is 10.6. The SMILES string of the molecule is CN(C)CC(O)CNC(=O)c1cccc(C#N)c1. The molecule has 1 aromatic rings. The molecular weight excluding hydrogens is 230 g/mol. The van der Waals surface area contributed by atoms with Crippen molar-refractivity contribution < 1.29 is 9.90 Å². The van der Waals surface area contributed by atoms with Crippen LogP contribution in [-0.2, 0) is 0 Å². The standard InChI is InChI=1S/C13H17N3O2/c1-16(2)9-12(17)8-15-13(18)11-5-3-4-10(6-11)7-14/h3-6,12,17H,8-9H2,1-2H3,(H,15,18). The van der Waals surface area contributed by atoms with E-state index in [0.717, 1.165) is 0 Å². The minimum atomic E-state index is -0.608. The van der Waals surface area contributed by atoms with Crippen LogP contribution in [0.1, 0.15) is 15.9 Å². The lowest BCUT2D eigenvalue weighted by atomic mass is 10.1. The lowest BCUT2D eigenvalue weighted by Crippen LogP contribution is -2.37. The molecule has 0 saturated heterocycles. The van der Waals surface area contributed by atoms with Crippen molar-refractivity contribution in [2.75, 3.05) is 27.2 Å². The summed E-state index contributed by atoms with van der Waals surface area (Å²) in [5.41, 5.74) is 0.864. The summed E-state index contributed by atoms with van der Waals surface area (Å²) in [7, 11) is 3.70. The van der Waals surface area contributed by atoms with E-state index in [9.17, 15) is 9.90 Å². The van der Waals surface area contributed by atoms with Crippen LogP contribution >= 0.6 is 0 Å². The maximum Gasteiger partial charge on any atom is 0.251 e. The first-order valence-electron chi connectivity index (χ1n) is 5.64. The quantitative estimate of drug-likeness (QED) is 0.780. The topological polar surface area (TPSA) is 76.4 Å². The number of nitriles is 1. The zero-order chi connectivity index (χ0) is 13.5. The van der Waals surface area contributed by atoms with Gasteiger partial charge in [0.15, 0.2) is 0 Å². The molecule has 1 atom stereocenters. The molecular formula is C13H17N3O2. The minimum Gasteiger partial charge on any atom is -0.390 e. The van der Waals surface area contributed by atoms with E-state index in [2.05, 4.69) is 5.32 Å². The largest absolute Gasteiger partial charge is 0.390 e. The van der Waals surface area contributed by atoms with Crippen molar-refractivity contribution in [3.8, 4) is 6.07 Å². The summed E-state index contributed by atoms with van der Waals surface area (Å²) < 4.78 is 0. The molecule has 5 heteroatoms. The van der Waals surface area contributed by atoms with Crippen LogP contribution in [0, 0.1) is 11.3 Å². The summed E-state index contributed by atoms with van der Waals surface area (Å²) in [5, 5.41) is 21.0. The Hall–Kier alpha value is -1.90. The predicted molar refractivity (Wildman–Crippen MR) is 68.1 cm³/mol. The van der Waals surface area contributed by atoms with Crippen LogP contribution in [-0.4, -0.2) is 49.2 Å². The van der Waals surface area contributed by atoms with Gasteiger partial charge in [0.05, 0.1) is 17.7 Å². The van der Waals surface area contributed by atoms with E-state index in [1.165, 1.54) is 6.07 Å². The highest BCUT2D eigenvalue weighted by Crippen LogP contribution is 2.03. The average Bonchev–Trinajstić information content (AvgIpc) is 2.35. The van der Waals surface area contributed by atoms with Crippen LogP contribution in [0.5, 0.6) is 0 Å². The van der Waals surface area contributed by atoms with E-state index >= 15 is 0 Å². The number of carbonyl (C=O) groups is 1. The lowest BCUT2D eigenvalue weighted by molar-refractivity contribution is 0.0892. The van der Waals surface area contributed by atoms with Crippen LogP contribution in [0.4, 0.5) is 0 Å². The number of aliphatic hydroxyl groups is 1. The van der Waals surface area contributed by atoms with Gasteiger partial charge in [-0.1, -0.05) is 6.07 Å². The van der Waals surface area contributed by atoms with Crippen molar-refractivity contribution in [3.63, 3.8) is 0 Å². The third kappa shape index (κ3) is 4.53. The molecule has 1 aromatic carbocycles. The van der Waals surface area contributed by atoms with Gasteiger partial charge in [-0.25, -0.2) is 0 Å². The van der Waals surface area contributed by atoms with Crippen molar-refractivity contribution in [2.24, 2.45) is 0 Å². The summed E-state index contributed by atoms with van der Waals surface area (Å²) in [6.07, 6.45) is -0.608. The normalized spacial score (nSPS) is 11.9. The third-order valence-electron chi connectivity index (χ3n) is 2.33. The second-order valence-electron chi connectivity index (χ2n) is 4.32. The number of nitrogens with zero attached hydrogens (tertiary/aromatic N) is 2. The molecule has 5 nitrogen and oxygen atoms in total. The van der Waals surface area contributed by atoms with Gasteiger partial charge in [0.2, 0.25) is 0 Å². The van der Waals surface area contributed by atoms with E-state index in [-0.39, 0.29) is 12.5 Å². The van der Waals surface area contributed by atoms with E-state index < -0.39 is 6.10 Å². The van der Waals surface area contributed by atoms with Gasteiger partial charge in [0.25, 0.3) is 5.91 Å². The number of rotatable bonds is 5. The summed E-state index contributed by atoms with van der Waals surface area (Å²) in [6, 6.07) is 8.43. The molecule has 0 aromatic heterocycles. The fourth-order valence-electron chi connectivity index (χ4n) is 1.53. The van der Waals surface area contributed by atoms with Gasteiger partial charge in [0, 0.05) is 18.7 Å². The molecule has 1 unspecified atom stereocenters. The number of carbonyl (C=O) groups excluding carboxylic acids is 1. The molecule has 18 heavy (non-hydrogen) atoms. The van der Waals surface area contributed by atoms with Crippen molar-refractivity contribution in [3.05, 3.63) is 35.4 Å². The number of likely N-dealkylation sites (N-methyl/N-ethyl adjacent to an activating group) is 1. The fourth-order valence-corrected chi connectivity index (χ4v) is 1.53. The molecule has 1 amide bonds. The first kappa shape index (κ1) is 14.2. The summed E-state index contributed by atoms with van der Waals surface area (Å²) in [4.78, 5) is 13.6. The highest BCUT2D eigenvalue weighted by Gasteiger charge is 2.10. The summed E-state index contributed by atoms with van der Waals surface area (Å²) in [5.74, 6) is -0.287. The van der Waals surface area contributed by atoms with E-state index in [4.69, 9.17) is 5.26 Å². The molecule has 0 heterocycles. The number of aliphatic hydroxyl groups excluding tert-OH is 1. The fraction of sp³-hybridized carbons (Fsp3) is 0.385. The Kier molecular flexibility index (Phi) is 5.31. The number of hydrogen-bond donors (Lipinski definition) is 2. The number of benzene rings is 1. The second-order valence-corrected chi connectivity index (χ2v) is 4.32. The highest BCUT2D eigenvalue weighted by molar-refractivity contribution is 5.94. The van der Waals surface area contributed by atoms with Crippen molar-refractivity contribution in [1.29, 1.82) is 5.26 Å². The van der Waals surface area contributed by atoms with Gasteiger partial charge >= 0.3 is 0 Å². The van der Waals surface area contributed by atoms with E-state index in [1.807, 2.05) is 25.1 Å².